The van der Waals surface area contributed by atoms with E-state index in [0.717, 1.165) is 18.1 Å². The van der Waals surface area contributed by atoms with Gasteiger partial charge in [-0.25, -0.2) is 0 Å². The Balaban J connectivity index is 1.80. The van der Waals surface area contributed by atoms with E-state index in [9.17, 15) is 0 Å². The Morgan fingerprint density at radius 3 is 2.62 bits per heavy atom. The van der Waals surface area contributed by atoms with Crippen molar-refractivity contribution >= 4 is 0 Å². The maximum absolute atomic E-state index is 5.61. The van der Waals surface area contributed by atoms with E-state index in [2.05, 4.69) is 24.0 Å². The van der Waals surface area contributed by atoms with E-state index in [1.54, 1.807) is 0 Å². The highest BCUT2D eigenvalue weighted by molar-refractivity contribution is 5.36. The molecule has 2 nitrogen and oxygen atoms in total. The van der Waals surface area contributed by atoms with Gasteiger partial charge in [0, 0.05) is 12.2 Å². The molecule has 2 N–H and O–H groups in total. The molecule has 0 atom stereocenters. The molecule has 1 fully saturated rings. The molecular formula is C14H17NO. The second-order valence-electron chi connectivity index (χ2n) is 4.16. The first-order valence-electron chi connectivity index (χ1n) is 5.74. The first kappa shape index (κ1) is 11.2. The lowest BCUT2D eigenvalue weighted by Crippen LogP contribution is -1.96. The van der Waals surface area contributed by atoms with Gasteiger partial charge in [-0.15, -0.1) is 0 Å². The molecule has 0 spiro atoms. The summed E-state index contributed by atoms with van der Waals surface area (Å²) in [5.74, 6) is 6.67. The third kappa shape index (κ3) is 3.69. The van der Waals surface area contributed by atoms with Crippen molar-refractivity contribution in [2.24, 2.45) is 11.7 Å². The molecule has 0 heterocycles. The molecule has 1 saturated carbocycles. The summed E-state index contributed by atoms with van der Waals surface area (Å²) in [7, 11) is 0. The molecule has 1 aliphatic carbocycles. The smallest absolute Gasteiger partial charge is 0.0717 e. The summed E-state index contributed by atoms with van der Waals surface area (Å²) in [6, 6.07) is 8.15. The van der Waals surface area contributed by atoms with Crippen LogP contribution in [0.4, 0.5) is 0 Å². The standard InChI is InChI=1S/C14H17NO/c15-9-1-2-12-3-5-13(6-4-12)10-16-11-14-7-8-14/h3-6,14H,7-11,15H2. The van der Waals surface area contributed by atoms with E-state index in [-0.39, 0.29) is 0 Å². The molecule has 0 amide bonds. The number of ether oxygens (including phenoxy) is 1. The molecule has 1 aromatic rings. The van der Waals surface area contributed by atoms with Crippen LogP contribution in [0.2, 0.25) is 0 Å². The Labute approximate surface area is 96.8 Å². The van der Waals surface area contributed by atoms with Crippen molar-refractivity contribution in [1.29, 1.82) is 0 Å². The average Bonchev–Trinajstić information content (AvgIpc) is 3.12. The van der Waals surface area contributed by atoms with Gasteiger partial charge in [-0.3, -0.25) is 0 Å². The molecule has 2 rings (SSSR count). The summed E-state index contributed by atoms with van der Waals surface area (Å²) in [6.45, 7) is 2.03. The van der Waals surface area contributed by atoms with Gasteiger partial charge in [0.2, 0.25) is 0 Å². The Kier molecular flexibility index (Phi) is 3.98. The van der Waals surface area contributed by atoms with Gasteiger partial charge in [-0.1, -0.05) is 24.0 Å². The van der Waals surface area contributed by atoms with Gasteiger partial charge in [0.15, 0.2) is 0 Å². The minimum absolute atomic E-state index is 0.409. The van der Waals surface area contributed by atoms with Crippen molar-refractivity contribution in [1.82, 2.24) is 0 Å². The van der Waals surface area contributed by atoms with Gasteiger partial charge in [-0.2, -0.15) is 0 Å². The highest BCUT2D eigenvalue weighted by Crippen LogP contribution is 2.29. The van der Waals surface area contributed by atoms with Crippen molar-refractivity contribution in [3.63, 3.8) is 0 Å². The van der Waals surface area contributed by atoms with Crippen molar-refractivity contribution < 1.29 is 4.74 Å². The van der Waals surface area contributed by atoms with Crippen molar-refractivity contribution in [2.45, 2.75) is 19.4 Å². The van der Waals surface area contributed by atoms with Gasteiger partial charge in [0.05, 0.1) is 13.2 Å². The van der Waals surface area contributed by atoms with Gasteiger partial charge in [-0.05, 0) is 36.5 Å². The predicted molar refractivity (Wildman–Crippen MR) is 64.8 cm³/mol. The number of hydrogen-bond donors (Lipinski definition) is 1. The van der Waals surface area contributed by atoms with E-state index in [1.807, 2.05) is 12.1 Å². The molecule has 0 saturated heterocycles. The predicted octanol–water partition coefficient (Wildman–Crippen LogP) is 1.92. The highest BCUT2D eigenvalue weighted by atomic mass is 16.5. The van der Waals surface area contributed by atoms with Crippen molar-refractivity contribution in [3.05, 3.63) is 35.4 Å². The SMILES string of the molecule is NCC#Cc1ccc(COCC2CC2)cc1. The maximum atomic E-state index is 5.61. The van der Waals surface area contributed by atoms with Gasteiger partial charge >= 0.3 is 0 Å². The van der Waals surface area contributed by atoms with Gasteiger partial charge < -0.3 is 10.5 Å². The largest absolute Gasteiger partial charge is 0.376 e. The molecular weight excluding hydrogens is 198 g/mol. The highest BCUT2D eigenvalue weighted by Gasteiger charge is 2.20. The van der Waals surface area contributed by atoms with Gasteiger partial charge in [0.25, 0.3) is 0 Å². The van der Waals surface area contributed by atoms with Crippen molar-refractivity contribution in [2.75, 3.05) is 13.2 Å². The molecule has 0 aromatic heterocycles. The van der Waals surface area contributed by atoms with Crippen LogP contribution in [-0.4, -0.2) is 13.2 Å². The summed E-state index contributed by atoms with van der Waals surface area (Å²) in [4.78, 5) is 0. The van der Waals surface area contributed by atoms with E-state index in [1.165, 1.54) is 18.4 Å². The summed E-state index contributed by atoms with van der Waals surface area (Å²) >= 11 is 0. The van der Waals surface area contributed by atoms with Gasteiger partial charge in [0.1, 0.15) is 0 Å². The van der Waals surface area contributed by atoms with Crippen LogP contribution in [0.15, 0.2) is 24.3 Å². The zero-order chi connectivity index (χ0) is 11.2. The van der Waals surface area contributed by atoms with Crippen molar-refractivity contribution in [3.8, 4) is 11.8 Å². The summed E-state index contributed by atoms with van der Waals surface area (Å²) in [6.07, 6.45) is 2.68. The molecule has 0 radical (unpaired) electrons. The molecule has 2 heteroatoms. The quantitative estimate of drug-likeness (QED) is 0.779. The zero-order valence-electron chi connectivity index (χ0n) is 9.41. The fourth-order valence-corrected chi connectivity index (χ4v) is 1.47. The third-order valence-electron chi connectivity index (χ3n) is 2.61. The van der Waals surface area contributed by atoms with E-state index < -0.39 is 0 Å². The monoisotopic (exact) mass is 215 g/mol. The van der Waals surface area contributed by atoms with Crippen LogP contribution < -0.4 is 5.73 Å². The number of benzene rings is 1. The van der Waals surface area contributed by atoms with E-state index >= 15 is 0 Å². The summed E-state index contributed by atoms with van der Waals surface area (Å²) in [5.41, 5.74) is 7.53. The van der Waals surface area contributed by atoms with Crippen LogP contribution in [0, 0.1) is 17.8 Å². The lowest BCUT2D eigenvalue weighted by molar-refractivity contribution is 0.111. The first-order valence-corrected chi connectivity index (χ1v) is 5.74. The lowest BCUT2D eigenvalue weighted by atomic mass is 10.1. The molecule has 16 heavy (non-hydrogen) atoms. The second-order valence-corrected chi connectivity index (χ2v) is 4.16. The topological polar surface area (TPSA) is 35.2 Å². The minimum Gasteiger partial charge on any atom is -0.376 e. The fourth-order valence-electron chi connectivity index (χ4n) is 1.47. The molecule has 1 aliphatic rings. The van der Waals surface area contributed by atoms with Crippen LogP contribution in [0.3, 0.4) is 0 Å². The van der Waals surface area contributed by atoms with Crippen LogP contribution in [0.1, 0.15) is 24.0 Å². The molecule has 1 aromatic carbocycles. The third-order valence-corrected chi connectivity index (χ3v) is 2.61. The molecule has 84 valence electrons. The van der Waals surface area contributed by atoms with Crippen LogP contribution >= 0.6 is 0 Å². The van der Waals surface area contributed by atoms with E-state index in [4.69, 9.17) is 10.5 Å². The summed E-state index contributed by atoms with van der Waals surface area (Å²) < 4.78 is 5.61. The van der Waals surface area contributed by atoms with Crippen LogP contribution in [-0.2, 0) is 11.3 Å². The average molecular weight is 215 g/mol. The Morgan fingerprint density at radius 2 is 2.00 bits per heavy atom. The minimum atomic E-state index is 0.409. The fraction of sp³-hybridized carbons (Fsp3) is 0.429. The Morgan fingerprint density at radius 1 is 1.25 bits per heavy atom. The Bertz CT molecular complexity index is 381. The molecule has 0 bridgehead atoms. The zero-order valence-corrected chi connectivity index (χ0v) is 9.41. The summed E-state index contributed by atoms with van der Waals surface area (Å²) in [5, 5.41) is 0. The Hall–Kier alpha value is -1.30. The van der Waals surface area contributed by atoms with Crippen LogP contribution in [0.25, 0.3) is 0 Å². The van der Waals surface area contributed by atoms with E-state index in [0.29, 0.717) is 13.2 Å². The normalized spacial score (nSPS) is 14.3. The number of hydrogen-bond acceptors (Lipinski definition) is 2. The number of nitrogens with two attached hydrogens (primary N) is 1. The molecule has 0 unspecified atom stereocenters. The lowest BCUT2D eigenvalue weighted by Gasteiger charge is -2.03. The van der Waals surface area contributed by atoms with Crippen LogP contribution in [0.5, 0.6) is 0 Å². The molecule has 0 aliphatic heterocycles. The first-order chi connectivity index (χ1) is 7.88. The number of rotatable bonds is 4. The second kappa shape index (κ2) is 5.69. The maximum Gasteiger partial charge on any atom is 0.0717 e.